The molecule has 8 rings (SSSR count). The van der Waals surface area contributed by atoms with Crippen LogP contribution in [0.1, 0.15) is 149 Å². The van der Waals surface area contributed by atoms with Gasteiger partial charge in [0, 0.05) is 43.4 Å². The number of sulfonamides is 1. The SMILES string of the molecule is CC(C)(C)c1ccc(OC2CCN(CC(F)(F)F)C2)cc1.CC(C)(C)c1ccc(OC2CCN(S(C)(=O)=O)C2)cc1.CC(C)(C)c1ccnc(CC2CCNC2)c1.CC(C)(C)c1ccnc(CC2CCNCC2)c1. The Morgan fingerprint density at radius 2 is 0.973 bits per heavy atom. The number of aromatic nitrogens is 2. The van der Waals surface area contributed by atoms with E-state index in [9.17, 15) is 21.6 Å². The van der Waals surface area contributed by atoms with E-state index in [1.807, 2.05) is 48.8 Å². The highest BCUT2D eigenvalue weighted by Gasteiger charge is 2.35. The quantitative estimate of drug-likeness (QED) is 0.160. The molecule has 4 aliphatic heterocycles. The lowest BCUT2D eigenvalue weighted by molar-refractivity contribution is -0.144. The Balaban J connectivity index is 0.000000184. The molecule has 10 nitrogen and oxygen atoms in total. The third kappa shape index (κ3) is 21.2. The van der Waals surface area contributed by atoms with Gasteiger partial charge in [-0.25, -0.2) is 8.42 Å². The van der Waals surface area contributed by atoms with Crippen molar-refractivity contribution >= 4 is 10.0 Å². The summed E-state index contributed by atoms with van der Waals surface area (Å²) in [6, 6.07) is 24.7. The number of hydrogen-bond donors (Lipinski definition) is 2. The smallest absolute Gasteiger partial charge is 0.401 e. The predicted octanol–water partition coefficient (Wildman–Crippen LogP) is 11.8. The molecule has 0 radical (unpaired) electrons. The average molecular weight is 1050 g/mol. The van der Waals surface area contributed by atoms with Crippen LogP contribution < -0.4 is 20.1 Å². The number of rotatable bonds is 10. The lowest BCUT2D eigenvalue weighted by atomic mass is 9.86. The largest absolute Gasteiger partial charge is 0.489 e. The summed E-state index contributed by atoms with van der Waals surface area (Å²) < 4.78 is 73.0. The van der Waals surface area contributed by atoms with E-state index in [-0.39, 0.29) is 33.9 Å². The van der Waals surface area contributed by atoms with E-state index in [0.717, 1.165) is 49.1 Å². The molecular weight excluding hydrogens is 958 g/mol. The van der Waals surface area contributed by atoms with Crippen LogP contribution in [-0.4, -0.2) is 111 Å². The fraction of sp³-hybridized carbons (Fsp3) is 0.633. The Morgan fingerprint density at radius 3 is 1.38 bits per heavy atom. The van der Waals surface area contributed by atoms with Crippen molar-refractivity contribution in [3.63, 3.8) is 0 Å². The maximum Gasteiger partial charge on any atom is 0.401 e. The van der Waals surface area contributed by atoms with Crippen LogP contribution >= 0.6 is 0 Å². The van der Waals surface area contributed by atoms with Crippen molar-refractivity contribution in [3.05, 3.63) is 119 Å². The zero-order valence-electron chi connectivity index (χ0n) is 47.2. The minimum atomic E-state index is -4.14. The molecule has 2 N–H and O–H groups in total. The summed E-state index contributed by atoms with van der Waals surface area (Å²) in [5, 5.41) is 6.83. The van der Waals surface area contributed by atoms with Crippen LogP contribution in [-0.2, 0) is 44.5 Å². The zero-order chi connectivity index (χ0) is 54.5. The number of alkyl halides is 3. The van der Waals surface area contributed by atoms with Gasteiger partial charge in [0.1, 0.15) is 23.7 Å². The van der Waals surface area contributed by atoms with E-state index in [4.69, 9.17) is 9.47 Å². The van der Waals surface area contributed by atoms with Gasteiger partial charge in [-0.05, 0) is 175 Å². The molecule has 4 aliphatic rings. The van der Waals surface area contributed by atoms with E-state index in [0.29, 0.717) is 32.6 Å². The van der Waals surface area contributed by atoms with Crippen molar-refractivity contribution in [2.45, 2.75) is 168 Å². The third-order valence-electron chi connectivity index (χ3n) is 14.2. The van der Waals surface area contributed by atoms with Crippen LogP contribution in [0, 0.1) is 11.8 Å². The van der Waals surface area contributed by atoms with Crippen LogP contribution in [0.3, 0.4) is 0 Å². The molecule has 4 aromatic rings. The highest BCUT2D eigenvalue weighted by Crippen LogP contribution is 2.30. The molecule has 3 atom stereocenters. The second-order valence-electron chi connectivity index (χ2n) is 25.1. The molecule has 6 heterocycles. The normalized spacial score (nSPS) is 20.4. The molecule has 412 valence electrons. The summed E-state index contributed by atoms with van der Waals surface area (Å²) >= 11 is 0. The average Bonchev–Trinajstić information content (AvgIpc) is 4.10. The van der Waals surface area contributed by atoms with Gasteiger partial charge < -0.3 is 20.1 Å². The number of hydrogen-bond acceptors (Lipinski definition) is 9. The molecule has 0 saturated carbocycles. The van der Waals surface area contributed by atoms with Gasteiger partial charge in [-0.15, -0.1) is 0 Å². The van der Waals surface area contributed by atoms with Crippen LogP contribution in [0.2, 0.25) is 0 Å². The molecule has 3 unspecified atom stereocenters. The van der Waals surface area contributed by atoms with Gasteiger partial charge in [-0.3, -0.25) is 14.9 Å². The third-order valence-corrected chi connectivity index (χ3v) is 15.5. The zero-order valence-corrected chi connectivity index (χ0v) is 48.0. The first-order valence-corrected chi connectivity index (χ1v) is 28.9. The number of benzene rings is 2. The van der Waals surface area contributed by atoms with Gasteiger partial charge in [0.25, 0.3) is 0 Å². The molecule has 0 bridgehead atoms. The van der Waals surface area contributed by atoms with Crippen molar-refractivity contribution in [2.24, 2.45) is 11.8 Å². The molecule has 4 fully saturated rings. The number of likely N-dealkylation sites (tertiary alicyclic amines) is 1. The molecule has 74 heavy (non-hydrogen) atoms. The van der Waals surface area contributed by atoms with E-state index in [2.05, 4.69) is 140 Å². The fourth-order valence-electron chi connectivity index (χ4n) is 9.52. The summed E-state index contributed by atoms with van der Waals surface area (Å²) in [7, 11) is -3.10. The topological polar surface area (TPSA) is 109 Å². The van der Waals surface area contributed by atoms with Gasteiger partial charge in [0.2, 0.25) is 10.0 Å². The molecule has 0 amide bonds. The van der Waals surface area contributed by atoms with Crippen molar-refractivity contribution in [2.75, 3.05) is 65.2 Å². The maximum atomic E-state index is 12.3. The molecular formula is C60H91F3N6O4S. The summed E-state index contributed by atoms with van der Waals surface area (Å²) in [5.74, 6) is 3.13. The second-order valence-corrected chi connectivity index (χ2v) is 27.1. The fourth-order valence-corrected chi connectivity index (χ4v) is 10.4. The number of halogens is 3. The summed E-state index contributed by atoms with van der Waals surface area (Å²) in [6.45, 7) is 32.0. The minimum absolute atomic E-state index is 0.0507. The Kier molecular flexibility index (Phi) is 21.6. The minimum Gasteiger partial charge on any atom is -0.489 e. The number of piperidine rings is 1. The first kappa shape index (κ1) is 60.8. The van der Waals surface area contributed by atoms with Gasteiger partial charge in [0.05, 0.1) is 19.3 Å². The lowest BCUT2D eigenvalue weighted by Gasteiger charge is -2.23. The van der Waals surface area contributed by atoms with Crippen molar-refractivity contribution < 1.29 is 31.1 Å². The summed E-state index contributed by atoms with van der Waals surface area (Å²) in [6.07, 6.45) is 8.35. The Bertz CT molecular complexity index is 2410. The van der Waals surface area contributed by atoms with Crippen LogP contribution in [0.25, 0.3) is 0 Å². The van der Waals surface area contributed by atoms with Gasteiger partial charge in [0.15, 0.2) is 0 Å². The Hall–Kier alpha value is -4.08. The molecule has 2 aromatic heterocycles. The van der Waals surface area contributed by atoms with E-state index >= 15 is 0 Å². The lowest BCUT2D eigenvalue weighted by Crippen LogP contribution is -2.33. The highest BCUT2D eigenvalue weighted by atomic mass is 32.2. The van der Waals surface area contributed by atoms with Gasteiger partial charge in [-0.2, -0.15) is 17.5 Å². The number of nitrogens with zero attached hydrogens (tertiary/aromatic N) is 4. The van der Waals surface area contributed by atoms with Crippen LogP contribution in [0.5, 0.6) is 11.5 Å². The van der Waals surface area contributed by atoms with Crippen molar-refractivity contribution in [1.82, 2.24) is 29.8 Å². The summed E-state index contributed by atoms with van der Waals surface area (Å²) in [4.78, 5) is 10.4. The van der Waals surface area contributed by atoms with Crippen LogP contribution in [0.4, 0.5) is 13.2 Å². The first-order chi connectivity index (χ1) is 34.4. The first-order valence-electron chi connectivity index (χ1n) is 27.0. The van der Waals surface area contributed by atoms with E-state index in [1.165, 1.54) is 88.0 Å². The Morgan fingerprint density at radius 1 is 0.554 bits per heavy atom. The van der Waals surface area contributed by atoms with Crippen molar-refractivity contribution in [1.29, 1.82) is 0 Å². The Labute approximate surface area is 444 Å². The maximum absolute atomic E-state index is 12.3. The second kappa shape index (κ2) is 26.3. The molecule has 2 aromatic carbocycles. The summed E-state index contributed by atoms with van der Waals surface area (Å²) in [5.41, 5.74) is 8.44. The standard InChI is InChI=1S/C16H22F3NO.C15H24N2.C15H23NO3S.C14H22N2/c1-15(2,3)12-4-6-13(7-5-12)21-14-8-9-20(10-14)11-16(17,18)19;1-15(2,3)13-6-9-17-14(11-13)10-12-4-7-16-8-5-12;1-15(2,3)12-5-7-13(8-6-12)19-14-9-10-16(11-14)20(4,17)18;1-14(2,3)12-5-7-16-13(9-12)8-11-4-6-15-10-11/h4-7,14H,8-11H2,1-3H3;6,9,11-12,16H,4-5,7-8,10H2,1-3H3;5-8,14H,9-11H2,1-4H3;5,7,9,11,15H,4,6,8,10H2,1-3H3. The van der Waals surface area contributed by atoms with E-state index in [1.54, 1.807) is 0 Å². The van der Waals surface area contributed by atoms with Gasteiger partial charge >= 0.3 is 6.18 Å². The monoisotopic (exact) mass is 1050 g/mol. The van der Waals surface area contributed by atoms with E-state index < -0.39 is 22.7 Å². The molecule has 0 spiro atoms. The molecule has 4 saturated heterocycles. The highest BCUT2D eigenvalue weighted by molar-refractivity contribution is 7.88. The number of pyridine rings is 2. The molecule has 0 aliphatic carbocycles. The van der Waals surface area contributed by atoms with Crippen molar-refractivity contribution in [3.8, 4) is 11.5 Å². The predicted molar refractivity (Wildman–Crippen MR) is 297 cm³/mol. The number of nitrogens with one attached hydrogen (secondary N) is 2. The number of ether oxygens (including phenoxy) is 2. The molecule has 14 heteroatoms. The van der Waals surface area contributed by atoms with Crippen LogP contribution in [0.15, 0.2) is 85.2 Å². The van der Waals surface area contributed by atoms with Gasteiger partial charge in [-0.1, -0.05) is 107 Å².